The maximum absolute atomic E-state index is 11.5. The summed E-state index contributed by atoms with van der Waals surface area (Å²) in [5.41, 5.74) is 3.18. The summed E-state index contributed by atoms with van der Waals surface area (Å²) in [6.45, 7) is 0. The van der Waals surface area contributed by atoms with Gasteiger partial charge in [-0.25, -0.2) is 4.79 Å². The van der Waals surface area contributed by atoms with E-state index in [1.165, 1.54) is 6.07 Å². The van der Waals surface area contributed by atoms with Crippen molar-refractivity contribution < 1.29 is 9.90 Å². The normalized spacial score (nSPS) is 11.0. The molecule has 0 atom stereocenters. The molecule has 2 aromatic carbocycles. The summed E-state index contributed by atoms with van der Waals surface area (Å²) in [6.07, 6.45) is 0. The fourth-order valence-electron chi connectivity index (χ4n) is 2.69. The van der Waals surface area contributed by atoms with Gasteiger partial charge in [0.25, 0.3) is 0 Å². The van der Waals surface area contributed by atoms with Crippen molar-refractivity contribution in [3.8, 4) is 23.3 Å². The molecule has 98 valence electrons. The average Bonchev–Trinajstić information content (AvgIpc) is 2.84. The van der Waals surface area contributed by atoms with Crippen LogP contribution in [0.25, 0.3) is 16.7 Å². The Morgan fingerprint density at radius 3 is 2.14 bits per heavy atom. The summed E-state index contributed by atoms with van der Waals surface area (Å²) < 4.78 is 0. The SMILES string of the molecule is N#CC(C#N)=C1c2ccccc2-c2cccc(C(=O)O)c21. The molecule has 0 unspecified atom stereocenters. The minimum absolute atomic E-state index is 0.0742. The summed E-state index contributed by atoms with van der Waals surface area (Å²) in [5, 5.41) is 27.8. The van der Waals surface area contributed by atoms with E-state index < -0.39 is 5.97 Å². The van der Waals surface area contributed by atoms with E-state index in [1.54, 1.807) is 24.3 Å². The zero-order valence-corrected chi connectivity index (χ0v) is 10.8. The number of nitrogens with zero attached hydrogens (tertiary/aromatic N) is 2. The van der Waals surface area contributed by atoms with E-state index in [1.807, 2.05) is 24.3 Å². The number of aromatic carboxylic acids is 1. The van der Waals surface area contributed by atoms with Crippen LogP contribution in [0.1, 0.15) is 21.5 Å². The van der Waals surface area contributed by atoms with Crippen molar-refractivity contribution in [2.24, 2.45) is 0 Å². The predicted octanol–water partition coefficient (Wildman–Crippen LogP) is 3.21. The van der Waals surface area contributed by atoms with Gasteiger partial charge in [0.1, 0.15) is 17.7 Å². The van der Waals surface area contributed by atoms with Crippen molar-refractivity contribution in [2.75, 3.05) is 0 Å². The molecule has 1 aliphatic carbocycles. The molecule has 21 heavy (non-hydrogen) atoms. The maximum Gasteiger partial charge on any atom is 0.336 e. The van der Waals surface area contributed by atoms with E-state index in [-0.39, 0.29) is 11.1 Å². The van der Waals surface area contributed by atoms with Gasteiger partial charge in [0.2, 0.25) is 0 Å². The quantitative estimate of drug-likeness (QED) is 0.689. The van der Waals surface area contributed by atoms with Crippen LogP contribution < -0.4 is 0 Å². The van der Waals surface area contributed by atoms with Crippen molar-refractivity contribution in [1.29, 1.82) is 10.5 Å². The first-order chi connectivity index (χ1) is 10.2. The summed E-state index contributed by atoms with van der Waals surface area (Å²) in [7, 11) is 0. The third kappa shape index (κ3) is 1.71. The smallest absolute Gasteiger partial charge is 0.336 e. The predicted molar refractivity (Wildman–Crippen MR) is 76.1 cm³/mol. The molecule has 0 aromatic heterocycles. The van der Waals surface area contributed by atoms with Crippen molar-refractivity contribution in [3.05, 3.63) is 64.7 Å². The number of hydrogen-bond donors (Lipinski definition) is 1. The van der Waals surface area contributed by atoms with Crippen LogP contribution in [0, 0.1) is 22.7 Å². The van der Waals surface area contributed by atoms with Gasteiger partial charge in [0.05, 0.1) is 5.56 Å². The number of nitriles is 2. The van der Waals surface area contributed by atoms with E-state index in [0.717, 1.165) is 16.7 Å². The number of carbonyl (C=O) groups is 1. The second-order valence-electron chi connectivity index (χ2n) is 4.55. The first-order valence-corrected chi connectivity index (χ1v) is 6.20. The highest BCUT2D eigenvalue weighted by Crippen LogP contribution is 2.46. The maximum atomic E-state index is 11.5. The Hall–Kier alpha value is -3.37. The van der Waals surface area contributed by atoms with E-state index in [4.69, 9.17) is 0 Å². The average molecular weight is 272 g/mol. The number of carboxylic acids is 1. The lowest BCUT2D eigenvalue weighted by Gasteiger charge is -2.06. The van der Waals surface area contributed by atoms with E-state index in [2.05, 4.69) is 0 Å². The molecule has 0 aliphatic heterocycles. The monoisotopic (exact) mass is 272 g/mol. The minimum Gasteiger partial charge on any atom is -0.478 e. The summed E-state index contributed by atoms with van der Waals surface area (Å²) in [6, 6.07) is 16.0. The number of carboxylic acid groups (broad SMARTS) is 1. The minimum atomic E-state index is -1.08. The lowest BCUT2D eigenvalue weighted by molar-refractivity contribution is 0.0696. The third-order valence-electron chi connectivity index (χ3n) is 3.51. The molecule has 0 saturated carbocycles. The standard InChI is InChI=1S/C17H8N2O2/c18-8-10(9-19)15-12-5-2-1-4-11(12)13-6-3-7-14(16(13)15)17(20)21/h1-7H,(H,20,21). The Balaban J connectivity index is 2.52. The largest absolute Gasteiger partial charge is 0.478 e. The van der Waals surface area contributed by atoms with Gasteiger partial charge in [-0.15, -0.1) is 0 Å². The van der Waals surface area contributed by atoms with Gasteiger partial charge in [0.15, 0.2) is 0 Å². The number of rotatable bonds is 1. The van der Waals surface area contributed by atoms with E-state index in [0.29, 0.717) is 11.1 Å². The molecule has 0 amide bonds. The van der Waals surface area contributed by atoms with Crippen LogP contribution >= 0.6 is 0 Å². The molecule has 0 bridgehead atoms. The van der Waals surface area contributed by atoms with Crippen molar-refractivity contribution >= 4 is 11.5 Å². The van der Waals surface area contributed by atoms with Crippen LogP contribution in [-0.2, 0) is 0 Å². The van der Waals surface area contributed by atoms with Crippen LogP contribution in [0.3, 0.4) is 0 Å². The van der Waals surface area contributed by atoms with Crippen molar-refractivity contribution in [2.45, 2.75) is 0 Å². The second kappa shape index (κ2) is 4.63. The van der Waals surface area contributed by atoms with Crippen molar-refractivity contribution in [3.63, 3.8) is 0 Å². The molecule has 4 nitrogen and oxygen atoms in total. The Labute approximate surface area is 120 Å². The van der Waals surface area contributed by atoms with Crippen LogP contribution in [-0.4, -0.2) is 11.1 Å². The Kier molecular flexibility index (Phi) is 2.79. The summed E-state index contributed by atoms with van der Waals surface area (Å²) in [5.74, 6) is -1.08. The Morgan fingerprint density at radius 2 is 1.52 bits per heavy atom. The van der Waals surface area contributed by atoms with Crippen LogP contribution in [0.5, 0.6) is 0 Å². The molecule has 0 radical (unpaired) electrons. The molecule has 1 N–H and O–H groups in total. The summed E-state index contributed by atoms with van der Waals surface area (Å²) in [4.78, 5) is 11.5. The molecule has 0 spiro atoms. The lowest BCUT2D eigenvalue weighted by Crippen LogP contribution is -2.02. The highest BCUT2D eigenvalue weighted by molar-refractivity contribution is 6.10. The van der Waals surface area contributed by atoms with Crippen molar-refractivity contribution in [1.82, 2.24) is 0 Å². The molecule has 0 saturated heterocycles. The third-order valence-corrected chi connectivity index (χ3v) is 3.51. The molecule has 0 fully saturated rings. The highest BCUT2D eigenvalue weighted by Gasteiger charge is 2.30. The highest BCUT2D eigenvalue weighted by atomic mass is 16.4. The van der Waals surface area contributed by atoms with Crippen LogP contribution in [0.4, 0.5) is 0 Å². The topological polar surface area (TPSA) is 84.9 Å². The van der Waals surface area contributed by atoms with Crippen LogP contribution in [0.2, 0.25) is 0 Å². The number of fused-ring (bicyclic) bond motifs is 3. The zero-order chi connectivity index (χ0) is 15.0. The molecule has 0 heterocycles. The number of benzene rings is 2. The van der Waals surface area contributed by atoms with Gasteiger partial charge in [-0.05, 0) is 22.8 Å². The number of hydrogen-bond acceptors (Lipinski definition) is 3. The molecular weight excluding hydrogens is 264 g/mol. The van der Waals surface area contributed by atoms with Gasteiger partial charge in [-0.1, -0.05) is 36.4 Å². The van der Waals surface area contributed by atoms with Gasteiger partial charge >= 0.3 is 5.97 Å². The van der Waals surface area contributed by atoms with Gasteiger partial charge in [0, 0.05) is 11.1 Å². The fraction of sp³-hybridized carbons (Fsp3) is 0. The zero-order valence-electron chi connectivity index (χ0n) is 10.8. The molecule has 2 aromatic rings. The molecule has 3 rings (SSSR count). The van der Waals surface area contributed by atoms with E-state index in [9.17, 15) is 20.4 Å². The second-order valence-corrected chi connectivity index (χ2v) is 4.55. The van der Waals surface area contributed by atoms with Gasteiger partial charge in [-0.2, -0.15) is 10.5 Å². The first kappa shape index (κ1) is 12.7. The number of allylic oxidation sites excluding steroid dienone is 1. The first-order valence-electron chi connectivity index (χ1n) is 6.20. The van der Waals surface area contributed by atoms with E-state index >= 15 is 0 Å². The fourth-order valence-corrected chi connectivity index (χ4v) is 2.69. The summed E-state index contributed by atoms with van der Waals surface area (Å²) >= 11 is 0. The lowest BCUT2D eigenvalue weighted by atomic mass is 9.95. The Morgan fingerprint density at radius 1 is 0.905 bits per heavy atom. The van der Waals surface area contributed by atoms with Crippen LogP contribution in [0.15, 0.2) is 48.0 Å². The van der Waals surface area contributed by atoms with Gasteiger partial charge < -0.3 is 5.11 Å². The molecule has 1 aliphatic rings. The molecule has 4 heteroatoms. The van der Waals surface area contributed by atoms with Gasteiger partial charge in [-0.3, -0.25) is 0 Å². The molecular formula is C17H8N2O2. The Bertz CT molecular complexity index is 880.